The van der Waals surface area contributed by atoms with Crippen LogP contribution in [0.2, 0.25) is 0 Å². The average Bonchev–Trinajstić information content (AvgIpc) is 2.46. The van der Waals surface area contributed by atoms with Gasteiger partial charge in [-0.05, 0) is 6.42 Å². The van der Waals surface area contributed by atoms with E-state index in [9.17, 15) is 19.5 Å². The largest absolute Gasteiger partial charge is 0.550 e. The van der Waals surface area contributed by atoms with E-state index in [4.69, 9.17) is 20.4 Å². The number of hydrogen-bond acceptors (Lipinski definition) is 9. The van der Waals surface area contributed by atoms with Crippen molar-refractivity contribution in [2.75, 3.05) is 46.1 Å². The summed E-state index contributed by atoms with van der Waals surface area (Å²) in [5.74, 6) is -3.65. The highest BCUT2D eigenvalue weighted by molar-refractivity contribution is 5.75. The molecular weight excluding hydrogens is 318 g/mol. The molecule has 0 aliphatic rings. The first kappa shape index (κ1) is 23.5. The third-order valence-corrected chi connectivity index (χ3v) is 2.26. The molecule has 5 N–H and O–H groups in total. The van der Waals surface area contributed by atoms with Gasteiger partial charge in [0.1, 0.15) is 19.6 Å². The topological polar surface area (TPSA) is 178 Å². The van der Waals surface area contributed by atoms with Crippen molar-refractivity contribution in [3.63, 3.8) is 0 Å². The number of quaternary nitrogens is 1. The van der Waals surface area contributed by atoms with E-state index in [1.54, 1.807) is 0 Å². The van der Waals surface area contributed by atoms with Crippen LogP contribution in [0.4, 0.5) is 0 Å². The number of carbonyl (C=O) groups excluding carboxylic acids is 2. The number of rotatable bonds is 12. The molecule has 0 spiro atoms. The molecule has 0 unspecified atom stereocenters. The number of aliphatic hydroxyl groups excluding tert-OH is 3. The zero-order valence-corrected chi connectivity index (χ0v) is 12.6. The Bertz CT molecular complexity index is 322. The molecule has 0 radical (unpaired) electrons. The summed E-state index contributed by atoms with van der Waals surface area (Å²) in [6, 6.07) is 0. The van der Waals surface area contributed by atoms with Gasteiger partial charge in [0.2, 0.25) is 0 Å². The van der Waals surface area contributed by atoms with Crippen molar-refractivity contribution in [3.05, 3.63) is 0 Å². The van der Waals surface area contributed by atoms with Crippen LogP contribution >= 0.6 is 0 Å². The zero-order chi connectivity index (χ0) is 18.1. The maximum atomic E-state index is 10.5. The number of carbonyl (C=O) groups is 3. The highest BCUT2D eigenvalue weighted by atomic mass is 17.2. The first-order valence-electron chi connectivity index (χ1n) is 6.77. The van der Waals surface area contributed by atoms with E-state index in [0.717, 1.165) is 4.90 Å². The van der Waals surface area contributed by atoms with Gasteiger partial charge in [-0.15, -0.1) is 0 Å². The summed E-state index contributed by atoms with van der Waals surface area (Å²) in [7, 11) is 0. The van der Waals surface area contributed by atoms with Crippen LogP contribution in [0.15, 0.2) is 0 Å². The molecular formula is C12H23NO10. The molecule has 0 aliphatic carbocycles. The lowest BCUT2D eigenvalue weighted by atomic mass is 10.3. The van der Waals surface area contributed by atoms with Gasteiger partial charge in [-0.3, -0.25) is 4.89 Å². The molecule has 0 amide bonds. The number of hydrogen-bond donors (Lipinski definition) is 5. The van der Waals surface area contributed by atoms with Gasteiger partial charge in [0, 0.05) is 5.97 Å². The van der Waals surface area contributed by atoms with Crippen LogP contribution in [0.25, 0.3) is 0 Å². The van der Waals surface area contributed by atoms with Gasteiger partial charge in [0.25, 0.3) is 0 Å². The fraction of sp³-hybridized carbons (Fsp3) is 0.750. The quantitative estimate of drug-likeness (QED) is 0.170. The van der Waals surface area contributed by atoms with Crippen molar-refractivity contribution in [1.82, 2.24) is 0 Å². The summed E-state index contributed by atoms with van der Waals surface area (Å²) >= 11 is 0. The number of carboxylic acids is 2. The van der Waals surface area contributed by atoms with Crippen LogP contribution in [0, 0.1) is 0 Å². The Balaban J connectivity index is 0. The van der Waals surface area contributed by atoms with Gasteiger partial charge in [0.05, 0.1) is 26.2 Å². The van der Waals surface area contributed by atoms with Crippen LogP contribution in [0.5, 0.6) is 0 Å². The number of aliphatic carboxylic acids is 2. The lowest BCUT2D eigenvalue weighted by Crippen LogP contribution is -3.13. The van der Waals surface area contributed by atoms with E-state index in [-0.39, 0.29) is 19.8 Å². The van der Waals surface area contributed by atoms with Crippen LogP contribution in [0.1, 0.15) is 12.8 Å². The second kappa shape index (κ2) is 16.6. The minimum atomic E-state index is -1.39. The van der Waals surface area contributed by atoms with Crippen LogP contribution in [0.3, 0.4) is 0 Å². The summed E-state index contributed by atoms with van der Waals surface area (Å²) in [4.78, 5) is 39.0. The van der Waals surface area contributed by atoms with E-state index in [0.29, 0.717) is 19.6 Å². The number of aliphatic hydroxyl groups is 3. The van der Waals surface area contributed by atoms with E-state index in [1.165, 1.54) is 0 Å². The van der Waals surface area contributed by atoms with Gasteiger partial charge in [0.15, 0.2) is 6.61 Å². The van der Waals surface area contributed by atoms with Gasteiger partial charge in [-0.1, -0.05) is 0 Å². The summed E-state index contributed by atoms with van der Waals surface area (Å²) in [6.07, 6.45) is -0.906. The smallest absolute Gasteiger partial charge is 0.342 e. The fourth-order valence-corrected chi connectivity index (χ4v) is 1.24. The highest BCUT2D eigenvalue weighted by Crippen LogP contribution is 1.92. The molecule has 11 nitrogen and oxygen atoms in total. The fourth-order valence-electron chi connectivity index (χ4n) is 1.24. The molecule has 0 aliphatic heterocycles. The third-order valence-electron chi connectivity index (χ3n) is 2.26. The molecule has 0 bridgehead atoms. The Labute approximate surface area is 132 Å². The Morgan fingerprint density at radius 3 is 1.74 bits per heavy atom. The lowest BCUT2D eigenvalue weighted by molar-refractivity contribution is -0.901. The molecule has 0 fully saturated rings. The molecule has 0 aromatic heterocycles. The SMILES string of the molecule is O=C([O-])CCC(=O)OOCC(=O)O.OCC[NH+](CCO)CCO. The van der Waals surface area contributed by atoms with Crippen molar-refractivity contribution in [2.45, 2.75) is 12.8 Å². The summed E-state index contributed by atoms with van der Waals surface area (Å²) in [5, 5.41) is 43.4. The summed E-state index contributed by atoms with van der Waals surface area (Å²) in [6.45, 7) is 1.33. The molecule has 0 rings (SSSR count). The molecule has 0 heterocycles. The molecule has 0 aromatic carbocycles. The maximum Gasteiger partial charge on any atom is 0.342 e. The van der Waals surface area contributed by atoms with E-state index >= 15 is 0 Å². The molecule has 0 atom stereocenters. The van der Waals surface area contributed by atoms with Crippen LogP contribution in [-0.4, -0.2) is 84.4 Å². The van der Waals surface area contributed by atoms with Crippen molar-refractivity contribution in [2.24, 2.45) is 0 Å². The summed E-state index contributed by atoms with van der Waals surface area (Å²) in [5.41, 5.74) is 0. The van der Waals surface area contributed by atoms with E-state index in [1.807, 2.05) is 0 Å². The predicted octanol–water partition coefficient (Wildman–Crippen LogP) is -5.08. The Morgan fingerprint density at radius 2 is 1.39 bits per heavy atom. The maximum absolute atomic E-state index is 10.5. The summed E-state index contributed by atoms with van der Waals surface area (Å²) < 4.78 is 0. The Morgan fingerprint density at radius 1 is 0.913 bits per heavy atom. The molecule has 11 heteroatoms. The number of nitrogens with one attached hydrogen (secondary N) is 1. The molecule has 23 heavy (non-hydrogen) atoms. The van der Waals surface area contributed by atoms with Crippen molar-refractivity contribution >= 4 is 17.9 Å². The van der Waals surface area contributed by atoms with Crippen molar-refractivity contribution < 1.29 is 54.6 Å². The van der Waals surface area contributed by atoms with Crippen LogP contribution < -0.4 is 10.0 Å². The molecule has 0 aromatic rings. The monoisotopic (exact) mass is 341 g/mol. The van der Waals surface area contributed by atoms with Crippen LogP contribution in [-0.2, 0) is 24.2 Å². The first-order valence-corrected chi connectivity index (χ1v) is 6.77. The highest BCUT2D eigenvalue weighted by Gasteiger charge is 2.05. The second-order valence-electron chi connectivity index (χ2n) is 4.15. The normalized spacial score (nSPS) is 9.91. The minimum absolute atomic E-state index is 0.106. The van der Waals surface area contributed by atoms with Gasteiger partial charge >= 0.3 is 11.9 Å². The van der Waals surface area contributed by atoms with Gasteiger partial charge in [-0.25, -0.2) is 9.59 Å². The van der Waals surface area contributed by atoms with Crippen molar-refractivity contribution in [1.29, 1.82) is 0 Å². The number of carboxylic acid groups (broad SMARTS) is 2. The van der Waals surface area contributed by atoms with E-state index in [2.05, 4.69) is 9.78 Å². The molecule has 0 saturated heterocycles. The predicted molar refractivity (Wildman–Crippen MR) is 70.7 cm³/mol. The lowest BCUT2D eigenvalue weighted by Gasteiger charge is -2.15. The molecule has 136 valence electrons. The van der Waals surface area contributed by atoms with Crippen molar-refractivity contribution in [3.8, 4) is 0 Å². The minimum Gasteiger partial charge on any atom is -0.550 e. The third kappa shape index (κ3) is 20.2. The molecule has 0 saturated carbocycles. The van der Waals surface area contributed by atoms with Gasteiger partial charge in [-0.2, -0.15) is 4.89 Å². The standard InChI is InChI=1S/C6H15NO3.C6H8O7/c8-4-1-7(2-5-9)3-6-10;7-4(8)1-2-6(11)13-12-3-5(9)10/h8-10H,1-6H2;1-3H2,(H,7,8)(H,9,10). The average molecular weight is 341 g/mol. The first-order chi connectivity index (χ1) is 10.9. The van der Waals surface area contributed by atoms with E-state index < -0.39 is 37.4 Å². The second-order valence-corrected chi connectivity index (χ2v) is 4.15. The Kier molecular flexibility index (Phi) is 16.9. The zero-order valence-electron chi connectivity index (χ0n) is 12.6. The van der Waals surface area contributed by atoms with Gasteiger partial charge < -0.3 is 35.2 Å². The Hall–Kier alpha value is -1.79.